The average molecular weight is 394 g/mol. The summed E-state index contributed by atoms with van der Waals surface area (Å²) in [5.41, 5.74) is 6.13. The third kappa shape index (κ3) is 4.03. The van der Waals surface area contributed by atoms with Crippen molar-refractivity contribution in [2.45, 2.75) is 19.9 Å². The predicted molar refractivity (Wildman–Crippen MR) is 84.8 cm³/mol. The van der Waals surface area contributed by atoms with Crippen LogP contribution < -0.4 is 5.73 Å². The topological polar surface area (TPSA) is 46.3 Å². The molecule has 0 heterocycles. The van der Waals surface area contributed by atoms with E-state index in [2.05, 4.69) is 31.9 Å². The summed E-state index contributed by atoms with van der Waals surface area (Å²) in [6.45, 7) is 4.15. The molecule has 0 bridgehead atoms. The summed E-state index contributed by atoms with van der Waals surface area (Å²) in [5, 5.41) is 0. The van der Waals surface area contributed by atoms with Gasteiger partial charge in [-0.3, -0.25) is 4.79 Å². The maximum atomic E-state index is 12.4. The molecule has 0 spiro atoms. The maximum absolute atomic E-state index is 12.4. The number of hydrogen-bond acceptors (Lipinski definition) is 2. The van der Waals surface area contributed by atoms with Gasteiger partial charge in [0.2, 0.25) is 0 Å². The number of nitrogens with two attached hydrogens (primary N) is 1. The molecule has 0 aliphatic carbocycles. The van der Waals surface area contributed by atoms with Gasteiger partial charge in [-0.15, -0.1) is 0 Å². The Bertz CT molecular complexity index is 477. The lowest BCUT2D eigenvalue weighted by atomic mass is 10.1. The molecule has 1 aromatic rings. The molecule has 0 radical (unpaired) electrons. The Balaban J connectivity index is 3.05. The van der Waals surface area contributed by atoms with Crippen molar-refractivity contribution in [1.82, 2.24) is 4.90 Å². The summed E-state index contributed by atoms with van der Waals surface area (Å²) >= 11 is 11.6. The summed E-state index contributed by atoms with van der Waals surface area (Å²) in [6.07, 6.45) is 0. The van der Waals surface area contributed by atoms with Gasteiger partial charge in [-0.2, -0.15) is 0 Å². The van der Waals surface area contributed by atoms with Crippen molar-refractivity contribution in [1.29, 1.82) is 0 Å². The van der Waals surface area contributed by atoms with Gasteiger partial charge in [-0.1, -0.05) is 28.1 Å². The molecule has 0 fully saturated rings. The first-order chi connectivity index (χ1) is 8.32. The summed E-state index contributed by atoms with van der Waals surface area (Å²) in [6, 6.07) is 5.48. The van der Waals surface area contributed by atoms with Crippen molar-refractivity contribution < 1.29 is 4.79 Å². The van der Waals surface area contributed by atoms with Gasteiger partial charge >= 0.3 is 0 Å². The van der Waals surface area contributed by atoms with Crippen molar-refractivity contribution in [3.05, 3.63) is 32.7 Å². The van der Waals surface area contributed by atoms with Gasteiger partial charge < -0.3 is 10.6 Å². The number of halogens is 2. The molecule has 2 N–H and O–H groups in total. The predicted octanol–water partition coefficient (Wildman–Crippen LogP) is 3.35. The van der Waals surface area contributed by atoms with E-state index in [0.29, 0.717) is 10.6 Å². The smallest absolute Gasteiger partial charge is 0.255 e. The van der Waals surface area contributed by atoms with Crippen LogP contribution in [-0.2, 0) is 0 Å². The second-order valence-corrected chi connectivity index (χ2v) is 6.41. The molecule has 18 heavy (non-hydrogen) atoms. The minimum Gasteiger partial charge on any atom is -0.392 e. The summed E-state index contributed by atoms with van der Waals surface area (Å²) in [5.74, 6) is -0.0859. The summed E-state index contributed by atoms with van der Waals surface area (Å²) < 4.78 is 1.66. The molecule has 0 saturated carbocycles. The first kappa shape index (κ1) is 15.6. The maximum Gasteiger partial charge on any atom is 0.255 e. The fraction of sp³-hybridized carbons (Fsp3) is 0.333. The van der Waals surface area contributed by atoms with Crippen molar-refractivity contribution in [2.75, 3.05) is 6.54 Å². The Morgan fingerprint density at radius 1 is 1.44 bits per heavy atom. The molecule has 3 nitrogen and oxygen atoms in total. The Morgan fingerprint density at radius 3 is 2.50 bits per heavy atom. The highest BCUT2D eigenvalue weighted by molar-refractivity contribution is 9.11. The van der Waals surface area contributed by atoms with Gasteiger partial charge in [-0.05, 0) is 48.0 Å². The number of benzene rings is 1. The van der Waals surface area contributed by atoms with E-state index in [1.807, 2.05) is 26.0 Å². The second kappa shape index (κ2) is 6.63. The third-order valence-electron chi connectivity index (χ3n) is 2.37. The molecular weight excluding hydrogens is 380 g/mol. The number of amides is 1. The van der Waals surface area contributed by atoms with Gasteiger partial charge in [0, 0.05) is 15.0 Å². The van der Waals surface area contributed by atoms with Gasteiger partial charge in [-0.25, -0.2) is 0 Å². The fourth-order valence-electron chi connectivity index (χ4n) is 1.47. The summed E-state index contributed by atoms with van der Waals surface area (Å²) in [7, 11) is 0. The molecular formula is C12H14Br2N2OS. The number of hydrogen-bond donors (Lipinski definition) is 1. The molecule has 98 valence electrons. The number of carbonyl (C=O) groups is 1. The molecule has 0 saturated heterocycles. The number of rotatable bonds is 4. The Morgan fingerprint density at radius 2 is 2.06 bits per heavy atom. The molecule has 1 amide bonds. The summed E-state index contributed by atoms with van der Waals surface area (Å²) in [4.78, 5) is 14.4. The minimum atomic E-state index is -0.0859. The zero-order chi connectivity index (χ0) is 13.9. The van der Waals surface area contributed by atoms with E-state index in [9.17, 15) is 4.79 Å². The van der Waals surface area contributed by atoms with Crippen LogP contribution in [0.1, 0.15) is 24.2 Å². The number of nitrogens with zero attached hydrogens (tertiary/aromatic N) is 1. The van der Waals surface area contributed by atoms with Crippen LogP contribution in [0.2, 0.25) is 0 Å². The van der Waals surface area contributed by atoms with Crippen LogP contribution in [-0.4, -0.2) is 28.4 Å². The van der Waals surface area contributed by atoms with E-state index in [4.69, 9.17) is 18.0 Å². The molecule has 0 unspecified atom stereocenters. The molecule has 1 aromatic carbocycles. The molecule has 0 aliphatic heterocycles. The highest BCUT2D eigenvalue weighted by Gasteiger charge is 2.21. The van der Waals surface area contributed by atoms with Gasteiger partial charge in [0.25, 0.3) is 5.91 Å². The number of carbonyl (C=O) groups excluding carboxylic acids is 1. The van der Waals surface area contributed by atoms with E-state index in [1.54, 1.807) is 11.0 Å². The monoisotopic (exact) mass is 392 g/mol. The van der Waals surface area contributed by atoms with Crippen molar-refractivity contribution in [3.8, 4) is 0 Å². The van der Waals surface area contributed by atoms with E-state index in [1.165, 1.54) is 0 Å². The molecule has 0 aliphatic rings. The standard InChI is InChI=1S/C12H14Br2N2OS/c1-7(2)16(6-11(15)18)12(17)9-4-3-8(13)5-10(9)14/h3-5,7H,6H2,1-2H3,(H2,15,18). The van der Waals surface area contributed by atoms with E-state index in [0.717, 1.165) is 8.95 Å². The van der Waals surface area contributed by atoms with Crippen molar-refractivity contribution in [3.63, 3.8) is 0 Å². The van der Waals surface area contributed by atoms with Crippen LogP contribution >= 0.6 is 44.1 Å². The van der Waals surface area contributed by atoms with Crippen LogP contribution in [0.5, 0.6) is 0 Å². The SMILES string of the molecule is CC(C)N(CC(N)=S)C(=O)c1ccc(Br)cc1Br. The van der Waals surface area contributed by atoms with Gasteiger partial charge in [0.1, 0.15) is 0 Å². The second-order valence-electron chi connectivity index (χ2n) is 4.12. The van der Waals surface area contributed by atoms with E-state index < -0.39 is 0 Å². The van der Waals surface area contributed by atoms with Crippen LogP contribution in [0.25, 0.3) is 0 Å². The van der Waals surface area contributed by atoms with Crippen molar-refractivity contribution in [2.24, 2.45) is 5.73 Å². The van der Waals surface area contributed by atoms with Crippen LogP contribution in [0.15, 0.2) is 27.1 Å². The molecule has 0 aromatic heterocycles. The zero-order valence-electron chi connectivity index (χ0n) is 10.1. The highest BCUT2D eigenvalue weighted by Crippen LogP contribution is 2.23. The van der Waals surface area contributed by atoms with E-state index in [-0.39, 0.29) is 18.5 Å². The Kier molecular flexibility index (Phi) is 5.75. The molecule has 6 heteroatoms. The fourth-order valence-corrected chi connectivity index (χ4v) is 2.83. The Hall–Kier alpha value is -0.460. The zero-order valence-corrected chi connectivity index (χ0v) is 14.1. The van der Waals surface area contributed by atoms with Crippen LogP contribution in [0, 0.1) is 0 Å². The lowest BCUT2D eigenvalue weighted by Crippen LogP contribution is -2.42. The van der Waals surface area contributed by atoms with Crippen LogP contribution in [0.3, 0.4) is 0 Å². The van der Waals surface area contributed by atoms with Crippen molar-refractivity contribution >= 4 is 55.0 Å². The first-order valence-electron chi connectivity index (χ1n) is 5.37. The largest absolute Gasteiger partial charge is 0.392 e. The average Bonchev–Trinajstić information content (AvgIpc) is 2.24. The molecule has 1 rings (SSSR count). The van der Waals surface area contributed by atoms with E-state index >= 15 is 0 Å². The Labute approximate surface area is 129 Å². The lowest BCUT2D eigenvalue weighted by molar-refractivity contribution is 0.0735. The lowest BCUT2D eigenvalue weighted by Gasteiger charge is -2.26. The minimum absolute atomic E-state index is 0.0366. The normalized spacial score (nSPS) is 10.5. The van der Waals surface area contributed by atoms with Crippen LogP contribution in [0.4, 0.5) is 0 Å². The molecule has 0 atom stereocenters. The highest BCUT2D eigenvalue weighted by atomic mass is 79.9. The van der Waals surface area contributed by atoms with Gasteiger partial charge in [0.15, 0.2) is 0 Å². The third-order valence-corrected chi connectivity index (χ3v) is 3.65. The first-order valence-corrected chi connectivity index (χ1v) is 7.36. The number of thiocarbonyl (C=S) groups is 1. The van der Waals surface area contributed by atoms with Gasteiger partial charge in [0.05, 0.1) is 17.1 Å². The quantitative estimate of drug-likeness (QED) is 0.798.